The Balaban J connectivity index is 1.28. The van der Waals surface area contributed by atoms with Gasteiger partial charge in [-0.25, -0.2) is 0 Å². The highest BCUT2D eigenvalue weighted by Gasteiger charge is 2.26. The minimum Gasteiger partial charge on any atom is -0.457 e. The first-order chi connectivity index (χ1) is 14.2. The van der Waals surface area contributed by atoms with E-state index in [1.54, 1.807) is 12.1 Å². The first kappa shape index (κ1) is 18.7. The number of carbonyl (C=O) groups is 2. The van der Waals surface area contributed by atoms with E-state index in [2.05, 4.69) is 10.6 Å². The molecule has 3 aromatic carbocycles. The Morgan fingerprint density at radius 3 is 2.41 bits per heavy atom. The average Bonchev–Trinajstić information content (AvgIpc) is 2.74. The van der Waals surface area contributed by atoms with Crippen molar-refractivity contribution in [3.63, 3.8) is 0 Å². The monoisotopic (exact) mass is 386 g/mol. The molecule has 0 fully saturated rings. The van der Waals surface area contributed by atoms with Gasteiger partial charge in [-0.15, -0.1) is 0 Å². The van der Waals surface area contributed by atoms with Gasteiger partial charge in [0, 0.05) is 23.7 Å². The third kappa shape index (κ3) is 4.82. The predicted octanol–water partition coefficient (Wildman–Crippen LogP) is 5.01. The molecule has 2 amide bonds. The number of benzene rings is 3. The van der Waals surface area contributed by atoms with Gasteiger partial charge in [0.15, 0.2) is 0 Å². The molecule has 0 saturated carbocycles. The summed E-state index contributed by atoms with van der Waals surface area (Å²) < 4.78 is 5.75. The molecule has 1 unspecified atom stereocenters. The summed E-state index contributed by atoms with van der Waals surface area (Å²) in [6.45, 7) is 0. The predicted molar refractivity (Wildman–Crippen MR) is 113 cm³/mol. The molecule has 5 nitrogen and oxygen atoms in total. The van der Waals surface area contributed by atoms with E-state index in [0.29, 0.717) is 30.7 Å². The van der Waals surface area contributed by atoms with Crippen LogP contribution in [0.1, 0.15) is 18.4 Å². The van der Waals surface area contributed by atoms with Crippen LogP contribution in [0.4, 0.5) is 11.4 Å². The van der Waals surface area contributed by atoms with Crippen molar-refractivity contribution in [1.82, 2.24) is 0 Å². The Bertz CT molecular complexity index is 1000. The summed E-state index contributed by atoms with van der Waals surface area (Å²) in [5.74, 6) is 1.16. The van der Waals surface area contributed by atoms with Crippen LogP contribution in [0.2, 0.25) is 0 Å². The molecular formula is C24H22N2O3. The van der Waals surface area contributed by atoms with Gasteiger partial charge >= 0.3 is 0 Å². The number of amides is 2. The fourth-order valence-electron chi connectivity index (χ4n) is 3.41. The molecule has 0 radical (unpaired) electrons. The van der Waals surface area contributed by atoms with E-state index in [0.717, 1.165) is 17.0 Å². The topological polar surface area (TPSA) is 67.4 Å². The first-order valence-electron chi connectivity index (χ1n) is 9.69. The van der Waals surface area contributed by atoms with Gasteiger partial charge in [-0.1, -0.05) is 36.4 Å². The van der Waals surface area contributed by atoms with Crippen molar-refractivity contribution in [2.24, 2.45) is 5.92 Å². The van der Waals surface area contributed by atoms with Crippen LogP contribution in [0.25, 0.3) is 0 Å². The van der Waals surface area contributed by atoms with E-state index in [1.165, 1.54) is 0 Å². The molecule has 1 atom stereocenters. The third-order valence-electron chi connectivity index (χ3n) is 4.95. The van der Waals surface area contributed by atoms with E-state index in [9.17, 15) is 9.59 Å². The summed E-state index contributed by atoms with van der Waals surface area (Å²) in [5, 5.41) is 5.81. The van der Waals surface area contributed by atoms with Crippen molar-refractivity contribution >= 4 is 23.2 Å². The molecule has 29 heavy (non-hydrogen) atoms. The van der Waals surface area contributed by atoms with Crippen LogP contribution >= 0.6 is 0 Å². The molecule has 2 N–H and O–H groups in total. The second kappa shape index (κ2) is 8.61. The normalized spacial score (nSPS) is 15.2. The van der Waals surface area contributed by atoms with Gasteiger partial charge in [0.25, 0.3) is 0 Å². The highest BCUT2D eigenvalue weighted by Crippen LogP contribution is 2.28. The summed E-state index contributed by atoms with van der Waals surface area (Å²) in [7, 11) is 0. The summed E-state index contributed by atoms with van der Waals surface area (Å²) >= 11 is 0. The quantitative estimate of drug-likeness (QED) is 0.626. The number of hydrogen-bond donors (Lipinski definition) is 2. The zero-order valence-electron chi connectivity index (χ0n) is 15.9. The second-order valence-corrected chi connectivity index (χ2v) is 7.07. The largest absolute Gasteiger partial charge is 0.457 e. The van der Waals surface area contributed by atoms with Crippen LogP contribution in [-0.2, 0) is 16.0 Å². The second-order valence-electron chi connectivity index (χ2n) is 7.07. The van der Waals surface area contributed by atoms with Crippen molar-refractivity contribution in [1.29, 1.82) is 0 Å². The van der Waals surface area contributed by atoms with E-state index in [4.69, 9.17) is 4.74 Å². The van der Waals surface area contributed by atoms with Gasteiger partial charge in [-0.3, -0.25) is 9.59 Å². The van der Waals surface area contributed by atoms with Gasteiger partial charge < -0.3 is 15.4 Å². The Hall–Kier alpha value is -3.60. The number of rotatable bonds is 6. The smallest absolute Gasteiger partial charge is 0.227 e. The summed E-state index contributed by atoms with van der Waals surface area (Å²) in [6, 6.07) is 24.6. The summed E-state index contributed by atoms with van der Waals surface area (Å²) in [6.07, 6.45) is 1.48. The Morgan fingerprint density at radius 1 is 0.931 bits per heavy atom. The maximum absolute atomic E-state index is 12.3. The van der Waals surface area contributed by atoms with Crippen LogP contribution in [0, 0.1) is 5.92 Å². The first-order valence-corrected chi connectivity index (χ1v) is 9.69. The third-order valence-corrected chi connectivity index (χ3v) is 4.95. The van der Waals surface area contributed by atoms with Gasteiger partial charge in [-0.2, -0.15) is 0 Å². The van der Waals surface area contributed by atoms with Crippen molar-refractivity contribution in [2.45, 2.75) is 19.3 Å². The lowest BCUT2D eigenvalue weighted by molar-refractivity contribution is -0.121. The lowest BCUT2D eigenvalue weighted by Gasteiger charge is -2.24. The molecule has 1 aliphatic rings. The van der Waals surface area contributed by atoms with Crippen molar-refractivity contribution in [3.05, 3.63) is 84.4 Å². The lowest BCUT2D eigenvalue weighted by Crippen LogP contribution is -2.30. The molecule has 0 aromatic heterocycles. The molecule has 5 heteroatoms. The minimum absolute atomic E-state index is 0.0149. The van der Waals surface area contributed by atoms with E-state index in [-0.39, 0.29) is 17.7 Å². The molecule has 4 rings (SSSR count). The molecule has 1 aliphatic heterocycles. The standard InChI is InChI=1S/C24H22N2O3/c27-23(15-10-18-16-17-6-4-5-9-22(17)26-24(18)28)25-19-11-13-21(14-12-19)29-20-7-2-1-3-8-20/h1-9,11-14,18H,10,15-16H2,(H,25,27)(H,26,28). The molecular weight excluding hydrogens is 364 g/mol. The zero-order chi connectivity index (χ0) is 20.1. The zero-order valence-corrected chi connectivity index (χ0v) is 15.9. The van der Waals surface area contributed by atoms with Gasteiger partial charge in [0.1, 0.15) is 11.5 Å². The molecule has 0 spiro atoms. The maximum Gasteiger partial charge on any atom is 0.227 e. The number of para-hydroxylation sites is 2. The molecule has 1 heterocycles. The van der Waals surface area contributed by atoms with Gasteiger partial charge in [-0.05, 0) is 60.9 Å². The number of ether oxygens (including phenoxy) is 1. The van der Waals surface area contributed by atoms with Crippen LogP contribution in [0.3, 0.4) is 0 Å². The Kier molecular flexibility index (Phi) is 5.56. The molecule has 0 saturated heterocycles. The van der Waals surface area contributed by atoms with Crippen LogP contribution < -0.4 is 15.4 Å². The maximum atomic E-state index is 12.3. The van der Waals surface area contributed by atoms with Gasteiger partial charge in [0.05, 0.1) is 0 Å². The highest BCUT2D eigenvalue weighted by atomic mass is 16.5. The molecule has 0 bridgehead atoms. The van der Waals surface area contributed by atoms with Crippen molar-refractivity contribution < 1.29 is 14.3 Å². The van der Waals surface area contributed by atoms with Crippen LogP contribution in [-0.4, -0.2) is 11.8 Å². The van der Waals surface area contributed by atoms with E-state index >= 15 is 0 Å². The number of carbonyl (C=O) groups excluding carboxylic acids is 2. The van der Waals surface area contributed by atoms with Crippen molar-refractivity contribution in [2.75, 3.05) is 10.6 Å². The minimum atomic E-state index is -0.183. The number of fused-ring (bicyclic) bond motifs is 1. The van der Waals surface area contributed by atoms with Crippen LogP contribution in [0.5, 0.6) is 11.5 Å². The molecule has 3 aromatic rings. The number of hydrogen-bond acceptors (Lipinski definition) is 3. The van der Waals surface area contributed by atoms with Gasteiger partial charge in [0.2, 0.25) is 11.8 Å². The summed E-state index contributed by atoms with van der Waals surface area (Å²) in [5.41, 5.74) is 2.69. The number of nitrogens with one attached hydrogen (secondary N) is 2. The molecule has 146 valence electrons. The highest BCUT2D eigenvalue weighted by molar-refractivity contribution is 5.96. The fraction of sp³-hybridized carbons (Fsp3) is 0.167. The van der Waals surface area contributed by atoms with E-state index < -0.39 is 0 Å². The van der Waals surface area contributed by atoms with Crippen LogP contribution in [0.15, 0.2) is 78.9 Å². The molecule has 0 aliphatic carbocycles. The lowest BCUT2D eigenvalue weighted by atomic mass is 9.89. The number of anilines is 2. The van der Waals surface area contributed by atoms with E-state index in [1.807, 2.05) is 66.7 Å². The summed E-state index contributed by atoms with van der Waals surface area (Å²) in [4.78, 5) is 24.6. The fourth-order valence-corrected chi connectivity index (χ4v) is 3.41. The average molecular weight is 386 g/mol. The Morgan fingerprint density at radius 2 is 1.62 bits per heavy atom. The Labute approximate surface area is 169 Å². The SMILES string of the molecule is O=C(CCC1Cc2ccccc2NC1=O)Nc1ccc(Oc2ccccc2)cc1. The van der Waals surface area contributed by atoms with Crippen molar-refractivity contribution in [3.8, 4) is 11.5 Å².